The second-order valence-corrected chi connectivity index (χ2v) is 6.51. The summed E-state index contributed by atoms with van der Waals surface area (Å²) >= 11 is 0. The molecule has 0 bridgehead atoms. The Balaban J connectivity index is 1.84. The van der Waals surface area contributed by atoms with Crippen LogP contribution in [0.2, 0.25) is 0 Å². The summed E-state index contributed by atoms with van der Waals surface area (Å²) < 4.78 is 33.6. The smallest absolute Gasteiger partial charge is 0.255 e. The zero-order valence-corrected chi connectivity index (χ0v) is 13.2. The fraction of sp³-hybridized carbons (Fsp3) is 0.286. The van der Waals surface area contributed by atoms with Crippen LogP contribution in [0.1, 0.15) is 6.42 Å². The molecule has 8 nitrogen and oxygen atoms in total. The second kappa shape index (κ2) is 7.75. The number of hydrogen-bond donors (Lipinski definition) is 2. The summed E-state index contributed by atoms with van der Waals surface area (Å²) in [6.45, 7) is 0.690. The SMILES string of the molecule is NC(=O)COc1ccc(S(=O)(=O)NCCCn2cccn2)cc1. The number of sulfonamides is 1. The molecule has 1 aromatic carbocycles. The molecule has 2 aromatic rings. The van der Waals surface area contributed by atoms with Gasteiger partial charge in [-0.3, -0.25) is 9.48 Å². The number of rotatable bonds is 9. The van der Waals surface area contributed by atoms with Gasteiger partial charge in [0.15, 0.2) is 6.61 Å². The number of amides is 1. The van der Waals surface area contributed by atoms with Gasteiger partial charge in [-0.15, -0.1) is 0 Å². The maximum Gasteiger partial charge on any atom is 0.255 e. The number of nitrogens with two attached hydrogens (primary N) is 1. The zero-order valence-electron chi connectivity index (χ0n) is 12.4. The first-order chi connectivity index (χ1) is 11.0. The molecule has 0 aliphatic rings. The molecular formula is C14H18N4O4S. The molecule has 1 heterocycles. The molecule has 1 aromatic heterocycles. The van der Waals surface area contributed by atoms with E-state index in [1.807, 2.05) is 12.3 Å². The number of nitrogens with zero attached hydrogens (tertiary/aromatic N) is 2. The number of primary amides is 1. The van der Waals surface area contributed by atoms with Crippen molar-refractivity contribution in [3.05, 3.63) is 42.7 Å². The summed E-state index contributed by atoms with van der Waals surface area (Å²) in [6.07, 6.45) is 4.12. The van der Waals surface area contributed by atoms with Gasteiger partial charge >= 0.3 is 0 Å². The topological polar surface area (TPSA) is 116 Å². The molecular weight excluding hydrogens is 320 g/mol. The van der Waals surface area contributed by atoms with Crippen LogP contribution in [-0.2, 0) is 21.4 Å². The highest BCUT2D eigenvalue weighted by molar-refractivity contribution is 7.89. The number of carbonyl (C=O) groups is 1. The molecule has 0 saturated heterocycles. The second-order valence-electron chi connectivity index (χ2n) is 4.75. The van der Waals surface area contributed by atoms with Crippen LogP contribution in [0.5, 0.6) is 5.75 Å². The fourth-order valence-electron chi connectivity index (χ4n) is 1.83. The highest BCUT2D eigenvalue weighted by Crippen LogP contribution is 2.15. The van der Waals surface area contributed by atoms with Gasteiger partial charge in [0.05, 0.1) is 4.90 Å². The monoisotopic (exact) mass is 338 g/mol. The Morgan fingerprint density at radius 2 is 2.04 bits per heavy atom. The van der Waals surface area contributed by atoms with E-state index in [1.54, 1.807) is 10.9 Å². The van der Waals surface area contributed by atoms with E-state index in [0.29, 0.717) is 25.3 Å². The Bertz CT molecular complexity index is 727. The lowest BCUT2D eigenvalue weighted by atomic mass is 10.3. The first-order valence-corrected chi connectivity index (χ1v) is 8.44. The number of carbonyl (C=O) groups excluding carboxylic acids is 1. The van der Waals surface area contributed by atoms with Crippen molar-refractivity contribution in [1.82, 2.24) is 14.5 Å². The van der Waals surface area contributed by atoms with E-state index in [4.69, 9.17) is 10.5 Å². The van der Waals surface area contributed by atoms with Crippen molar-refractivity contribution < 1.29 is 17.9 Å². The number of hydrogen-bond acceptors (Lipinski definition) is 5. The molecule has 124 valence electrons. The van der Waals surface area contributed by atoms with Crippen molar-refractivity contribution in [3.8, 4) is 5.75 Å². The van der Waals surface area contributed by atoms with Gasteiger partial charge in [0.1, 0.15) is 5.75 Å². The van der Waals surface area contributed by atoms with Gasteiger partial charge in [-0.25, -0.2) is 13.1 Å². The van der Waals surface area contributed by atoms with Gasteiger partial charge < -0.3 is 10.5 Å². The summed E-state index contributed by atoms with van der Waals surface area (Å²) in [5.41, 5.74) is 4.97. The maximum atomic E-state index is 12.1. The van der Waals surface area contributed by atoms with Crippen molar-refractivity contribution in [2.45, 2.75) is 17.9 Å². The molecule has 23 heavy (non-hydrogen) atoms. The average molecular weight is 338 g/mol. The molecule has 0 spiro atoms. The number of aromatic nitrogens is 2. The third kappa shape index (κ3) is 5.38. The van der Waals surface area contributed by atoms with Gasteiger partial charge in [0, 0.05) is 25.5 Å². The van der Waals surface area contributed by atoms with E-state index in [-0.39, 0.29) is 11.5 Å². The van der Waals surface area contributed by atoms with Crippen LogP contribution >= 0.6 is 0 Å². The first-order valence-electron chi connectivity index (χ1n) is 6.95. The third-order valence-electron chi connectivity index (χ3n) is 2.93. The zero-order chi connectivity index (χ0) is 16.7. The van der Waals surface area contributed by atoms with Crippen LogP contribution in [0.25, 0.3) is 0 Å². The lowest BCUT2D eigenvalue weighted by Gasteiger charge is -2.08. The van der Waals surface area contributed by atoms with Gasteiger partial charge in [-0.2, -0.15) is 5.10 Å². The van der Waals surface area contributed by atoms with Gasteiger partial charge in [0.2, 0.25) is 10.0 Å². The van der Waals surface area contributed by atoms with Crippen LogP contribution in [0, 0.1) is 0 Å². The molecule has 0 aliphatic heterocycles. The summed E-state index contributed by atoms with van der Waals surface area (Å²) in [4.78, 5) is 10.7. The van der Waals surface area contributed by atoms with Gasteiger partial charge in [0.25, 0.3) is 5.91 Å². The van der Waals surface area contributed by atoms with E-state index in [1.165, 1.54) is 24.3 Å². The molecule has 1 amide bonds. The van der Waals surface area contributed by atoms with E-state index < -0.39 is 15.9 Å². The summed E-state index contributed by atoms with van der Waals surface area (Å²) in [5, 5.41) is 4.04. The first kappa shape index (κ1) is 17.0. The van der Waals surface area contributed by atoms with Crippen molar-refractivity contribution in [2.24, 2.45) is 5.73 Å². The number of benzene rings is 1. The third-order valence-corrected chi connectivity index (χ3v) is 4.41. The van der Waals surface area contributed by atoms with E-state index >= 15 is 0 Å². The normalized spacial score (nSPS) is 11.3. The Hall–Kier alpha value is -2.39. The van der Waals surface area contributed by atoms with E-state index in [2.05, 4.69) is 9.82 Å². The van der Waals surface area contributed by atoms with Crippen molar-refractivity contribution in [1.29, 1.82) is 0 Å². The Morgan fingerprint density at radius 3 is 2.65 bits per heavy atom. The predicted molar refractivity (Wildman–Crippen MR) is 83.2 cm³/mol. The Labute approximate surface area is 134 Å². The summed E-state index contributed by atoms with van der Waals surface area (Å²) in [6, 6.07) is 7.58. The minimum Gasteiger partial charge on any atom is -0.484 e. The largest absolute Gasteiger partial charge is 0.484 e. The predicted octanol–water partition coefficient (Wildman–Crippen LogP) is 0.116. The van der Waals surface area contributed by atoms with Crippen LogP contribution < -0.4 is 15.2 Å². The van der Waals surface area contributed by atoms with Crippen molar-refractivity contribution in [2.75, 3.05) is 13.2 Å². The molecule has 0 radical (unpaired) electrons. The molecule has 2 rings (SSSR count). The molecule has 0 atom stereocenters. The molecule has 0 aliphatic carbocycles. The van der Waals surface area contributed by atoms with Gasteiger partial charge in [-0.1, -0.05) is 0 Å². The van der Waals surface area contributed by atoms with Crippen LogP contribution in [0.15, 0.2) is 47.6 Å². The maximum absolute atomic E-state index is 12.1. The number of nitrogens with one attached hydrogen (secondary N) is 1. The minimum atomic E-state index is -3.58. The van der Waals surface area contributed by atoms with Crippen molar-refractivity contribution in [3.63, 3.8) is 0 Å². The average Bonchev–Trinajstić information content (AvgIpc) is 3.03. The Morgan fingerprint density at radius 1 is 1.30 bits per heavy atom. The lowest BCUT2D eigenvalue weighted by Crippen LogP contribution is -2.25. The molecule has 0 unspecified atom stereocenters. The van der Waals surface area contributed by atoms with Crippen LogP contribution in [-0.4, -0.2) is 37.3 Å². The standard InChI is InChI=1S/C14H18N4O4S/c15-14(19)11-22-12-3-5-13(6-4-12)23(20,21)17-8-2-10-18-9-1-7-16-18/h1,3-7,9,17H,2,8,10-11H2,(H2,15,19). The van der Waals surface area contributed by atoms with Crippen LogP contribution in [0.4, 0.5) is 0 Å². The van der Waals surface area contributed by atoms with Crippen LogP contribution in [0.3, 0.4) is 0 Å². The van der Waals surface area contributed by atoms with E-state index in [0.717, 1.165) is 0 Å². The van der Waals surface area contributed by atoms with E-state index in [9.17, 15) is 13.2 Å². The number of aryl methyl sites for hydroxylation is 1. The molecule has 0 fully saturated rings. The highest BCUT2D eigenvalue weighted by atomic mass is 32.2. The Kier molecular flexibility index (Phi) is 5.72. The molecule has 0 saturated carbocycles. The molecule has 9 heteroatoms. The highest BCUT2D eigenvalue weighted by Gasteiger charge is 2.13. The fourth-order valence-corrected chi connectivity index (χ4v) is 2.91. The lowest BCUT2D eigenvalue weighted by molar-refractivity contribution is -0.119. The molecule has 3 N–H and O–H groups in total. The number of ether oxygens (including phenoxy) is 1. The minimum absolute atomic E-state index is 0.128. The summed E-state index contributed by atoms with van der Waals surface area (Å²) in [5.74, 6) is -0.220. The quantitative estimate of drug-likeness (QED) is 0.630. The summed E-state index contributed by atoms with van der Waals surface area (Å²) in [7, 11) is -3.58. The van der Waals surface area contributed by atoms with Gasteiger partial charge in [-0.05, 0) is 36.8 Å². The van der Waals surface area contributed by atoms with Crippen molar-refractivity contribution >= 4 is 15.9 Å².